The zero-order valence-electron chi connectivity index (χ0n) is 17.9. The highest BCUT2D eigenvalue weighted by Gasteiger charge is 2.27. The molecule has 0 aromatic heterocycles. The fourth-order valence-corrected chi connectivity index (χ4v) is 4.14. The van der Waals surface area contributed by atoms with Gasteiger partial charge in [-0.05, 0) is 62.4 Å². The monoisotopic (exact) mass is 393 g/mol. The van der Waals surface area contributed by atoms with Gasteiger partial charge in [-0.2, -0.15) is 0 Å². The van der Waals surface area contributed by atoms with E-state index < -0.39 is 0 Å². The molecular formula is C24H31N3O2. The van der Waals surface area contributed by atoms with Gasteiger partial charge in [0.2, 0.25) is 11.8 Å². The van der Waals surface area contributed by atoms with Gasteiger partial charge in [-0.3, -0.25) is 14.5 Å². The smallest absolute Gasteiger partial charge is 0.238 e. The quantitative estimate of drug-likeness (QED) is 0.814. The number of likely N-dealkylation sites (N-methyl/N-ethyl adjacent to an activating group) is 2. The van der Waals surface area contributed by atoms with Gasteiger partial charge in [-0.1, -0.05) is 42.5 Å². The van der Waals surface area contributed by atoms with Gasteiger partial charge in [-0.15, -0.1) is 0 Å². The summed E-state index contributed by atoms with van der Waals surface area (Å²) in [7, 11) is 3.69. The van der Waals surface area contributed by atoms with Crippen LogP contribution in [-0.4, -0.2) is 48.8 Å². The van der Waals surface area contributed by atoms with Crippen LogP contribution in [0.2, 0.25) is 0 Å². The summed E-state index contributed by atoms with van der Waals surface area (Å²) in [5.41, 5.74) is 5.52. The van der Waals surface area contributed by atoms with Crippen molar-refractivity contribution in [1.29, 1.82) is 0 Å². The van der Waals surface area contributed by atoms with Gasteiger partial charge in [0.1, 0.15) is 0 Å². The lowest BCUT2D eigenvalue weighted by Gasteiger charge is -2.34. The molecule has 5 nitrogen and oxygen atoms in total. The average Bonchev–Trinajstić information content (AvgIpc) is 2.69. The molecule has 3 rings (SSSR count). The number of fused-ring (bicyclic) bond motifs is 1. The predicted molar refractivity (Wildman–Crippen MR) is 117 cm³/mol. The first-order chi connectivity index (χ1) is 13.9. The molecule has 0 heterocycles. The SMILES string of the molecule is Cc1cccc(C)c1NC(=O)CN(C)CC(=O)N(C)[C@H]1CCCc2ccccc21. The molecule has 0 saturated carbocycles. The van der Waals surface area contributed by atoms with Gasteiger partial charge in [0.05, 0.1) is 19.1 Å². The van der Waals surface area contributed by atoms with Crippen molar-refractivity contribution in [3.63, 3.8) is 0 Å². The van der Waals surface area contributed by atoms with E-state index in [1.165, 1.54) is 11.1 Å². The molecule has 2 amide bonds. The van der Waals surface area contributed by atoms with Gasteiger partial charge in [0.15, 0.2) is 0 Å². The number of para-hydroxylation sites is 1. The van der Waals surface area contributed by atoms with Gasteiger partial charge < -0.3 is 10.2 Å². The highest BCUT2D eigenvalue weighted by atomic mass is 16.2. The van der Waals surface area contributed by atoms with E-state index in [1.807, 2.05) is 57.1 Å². The van der Waals surface area contributed by atoms with Crippen molar-refractivity contribution >= 4 is 17.5 Å². The first-order valence-electron chi connectivity index (χ1n) is 10.2. The Hall–Kier alpha value is -2.66. The number of hydrogen-bond donors (Lipinski definition) is 1. The molecule has 1 atom stereocenters. The second-order valence-electron chi connectivity index (χ2n) is 8.10. The number of rotatable bonds is 6. The van der Waals surface area contributed by atoms with Crippen LogP contribution >= 0.6 is 0 Å². The van der Waals surface area contributed by atoms with E-state index in [2.05, 4.69) is 23.5 Å². The van der Waals surface area contributed by atoms with Crippen LogP contribution in [0.5, 0.6) is 0 Å². The summed E-state index contributed by atoms with van der Waals surface area (Å²) in [6.07, 6.45) is 3.15. The molecule has 0 bridgehead atoms. The first-order valence-corrected chi connectivity index (χ1v) is 10.2. The predicted octanol–water partition coefficient (Wildman–Crippen LogP) is 3.71. The molecule has 154 valence electrons. The van der Waals surface area contributed by atoms with Crippen LogP contribution in [-0.2, 0) is 16.0 Å². The topological polar surface area (TPSA) is 52.7 Å². The zero-order valence-corrected chi connectivity index (χ0v) is 17.9. The second-order valence-corrected chi connectivity index (χ2v) is 8.10. The molecule has 0 spiro atoms. The number of amides is 2. The van der Waals surface area contributed by atoms with E-state index in [-0.39, 0.29) is 30.9 Å². The third kappa shape index (κ3) is 5.04. The van der Waals surface area contributed by atoms with E-state index >= 15 is 0 Å². The fourth-order valence-electron chi connectivity index (χ4n) is 4.14. The number of aryl methyl sites for hydroxylation is 3. The third-order valence-electron chi connectivity index (χ3n) is 5.76. The number of nitrogens with one attached hydrogen (secondary N) is 1. The van der Waals surface area contributed by atoms with Crippen molar-refractivity contribution < 1.29 is 9.59 Å². The van der Waals surface area contributed by atoms with E-state index in [0.717, 1.165) is 36.1 Å². The van der Waals surface area contributed by atoms with Crippen molar-refractivity contribution in [2.45, 2.75) is 39.2 Å². The lowest BCUT2D eigenvalue weighted by Crippen LogP contribution is -2.42. The van der Waals surface area contributed by atoms with E-state index in [1.54, 1.807) is 4.90 Å². The number of nitrogens with zero attached hydrogens (tertiary/aromatic N) is 2. The Morgan fingerprint density at radius 3 is 2.41 bits per heavy atom. The molecule has 29 heavy (non-hydrogen) atoms. The molecule has 0 fully saturated rings. The maximum atomic E-state index is 12.9. The van der Waals surface area contributed by atoms with Crippen LogP contribution in [0.3, 0.4) is 0 Å². The minimum Gasteiger partial charge on any atom is -0.338 e. The van der Waals surface area contributed by atoms with Crippen LogP contribution in [0, 0.1) is 13.8 Å². The summed E-state index contributed by atoms with van der Waals surface area (Å²) in [4.78, 5) is 28.9. The van der Waals surface area contributed by atoms with Crippen molar-refractivity contribution in [3.8, 4) is 0 Å². The second kappa shape index (κ2) is 9.23. The molecule has 5 heteroatoms. The van der Waals surface area contributed by atoms with Crippen molar-refractivity contribution in [2.75, 3.05) is 32.5 Å². The maximum absolute atomic E-state index is 12.9. The molecule has 0 unspecified atom stereocenters. The first kappa shape index (κ1) is 21.1. The van der Waals surface area contributed by atoms with Crippen LogP contribution in [0.1, 0.15) is 41.1 Å². The summed E-state index contributed by atoms with van der Waals surface area (Å²) in [5, 5.41) is 2.98. The van der Waals surface area contributed by atoms with Gasteiger partial charge in [0, 0.05) is 12.7 Å². The normalized spacial score (nSPS) is 15.7. The van der Waals surface area contributed by atoms with Gasteiger partial charge >= 0.3 is 0 Å². The summed E-state index contributed by atoms with van der Waals surface area (Å²) in [6, 6.07) is 14.4. The summed E-state index contributed by atoms with van der Waals surface area (Å²) in [6.45, 7) is 4.35. The Morgan fingerprint density at radius 2 is 1.69 bits per heavy atom. The Kier molecular flexibility index (Phi) is 6.70. The minimum atomic E-state index is -0.108. The molecule has 0 radical (unpaired) electrons. The number of anilines is 1. The molecule has 0 saturated heterocycles. The van der Waals surface area contributed by atoms with E-state index in [9.17, 15) is 9.59 Å². The summed E-state index contributed by atoms with van der Waals surface area (Å²) in [5.74, 6) is -0.0718. The van der Waals surface area contributed by atoms with Gasteiger partial charge in [-0.25, -0.2) is 0 Å². The number of carbonyl (C=O) groups excluding carboxylic acids is 2. The fraction of sp³-hybridized carbons (Fsp3) is 0.417. The van der Waals surface area contributed by atoms with Crippen LogP contribution in [0.15, 0.2) is 42.5 Å². The highest BCUT2D eigenvalue weighted by Crippen LogP contribution is 2.33. The highest BCUT2D eigenvalue weighted by molar-refractivity contribution is 5.94. The lowest BCUT2D eigenvalue weighted by molar-refractivity contribution is -0.133. The number of benzene rings is 2. The molecule has 1 aliphatic rings. The summed E-state index contributed by atoms with van der Waals surface area (Å²) < 4.78 is 0. The van der Waals surface area contributed by atoms with Crippen molar-refractivity contribution in [3.05, 3.63) is 64.7 Å². The van der Waals surface area contributed by atoms with Gasteiger partial charge in [0.25, 0.3) is 0 Å². The van der Waals surface area contributed by atoms with E-state index in [0.29, 0.717) is 0 Å². The molecule has 1 N–H and O–H groups in total. The molecular weight excluding hydrogens is 362 g/mol. The Bertz CT molecular complexity index is 873. The number of hydrogen-bond acceptors (Lipinski definition) is 3. The standard InChI is InChI=1S/C24H31N3O2/c1-17-9-7-10-18(2)24(17)25-22(28)15-26(3)16-23(29)27(4)21-14-8-12-19-11-5-6-13-20(19)21/h5-7,9-11,13,21H,8,12,14-16H2,1-4H3,(H,25,28)/t21-/m0/s1. The molecule has 2 aromatic carbocycles. The van der Waals surface area contributed by atoms with E-state index in [4.69, 9.17) is 0 Å². The lowest BCUT2D eigenvalue weighted by atomic mass is 9.87. The Balaban J connectivity index is 1.57. The molecule has 2 aromatic rings. The largest absolute Gasteiger partial charge is 0.338 e. The van der Waals surface area contributed by atoms with Crippen molar-refractivity contribution in [1.82, 2.24) is 9.80 Å². The van der Waals surface area contributed by atoms with Crippen LogP contribution < -0.4 is 5.32 Å². The molecule has 0 aliphatic heterocycles. The minimum absolute atomic E-state index is 0.0362. The van der Waals surface area contributed by atoms with Crippen LogP contribution in [0.4, 0.5) is 5.69 Å². The maximum Gasteiger partial charge on any atom is 0.238 e. The number of carbonyl (C=O) groups is 2. The summed E-state index contributed by atoms with van der Waals surface area (Å²) >= 11 is 0. The molecule has 1 aliphatic carbocycles. The Labute approximate surface area is 173 Å². The average molecular weight is 394 g/mol. The van der Waals surface area contributed by atoms with Crippen LogP contribution in [0.25, 0.3) is 0 Å². The zero-order chi connectivity index (χ0) is 21.0. The Morgan fingerprint density at radius 1 is 1.00 bits per heavy atom. The van der Waals surface area contributed by atoms with Crippen molar-refractivity contribution in [2.24, 2.45) is 0 Å². The third-order valence-corrected chi connectivity index (χ3v) is 5.76.